The van der Waals surface area contributed by atoms with Crippen molar-refractivity contribution in [2.45, 2.75) is 0 Å². The van der Waals surface area contributed by atoms with Crippen LogP contribution in [0, 0.1) is 19.7 Å². The van der Waals surface area contributed by atoms with Crippen LogP contribution in [0.5, 0.6) is 0 Å². The summed E-state index contributed by atoms with van der Waals surface area (Å²) < 4.78 is 0. The van der Waals surface area contributed by atoms with Crippen LogP contribution < -0.4 is 0 Å². The van der Waals surface area contributed by atoms with E-state index in [0.29, 0.717) is 0 Å². The second-order valence-electron chi connectivity index (χ2n) is 0.300. The molecule has 0 amide bonds. The van der Waals surface area contributed by atoms with Crippen LogP contribution in [0.3, 0.4) is 0 Å². The third kappa shape index (κ3) is 108. The molecule has 0 aromatic rings. The third-order valence-electron chi connectivity index (χ3n) is 0. The molecule has 6 nitrogen and oxygen atoms in total. The van der Waals surface area contributed by atoms with E-state index in [1.165, 1.54) is 0 Å². The number of nitrogens with zero attached hydrogens (tertiary/aromatic N) is 3. The first-order valence-corrected chi connectivity index (χ1v) is 1.27. The number of rotatable bonds is 0. The predicted molar refractivity (Wildman–Crippen MR) is 25.2 cm³/mol. The summed E-state index contributed by atoms with van der Waals surface area (Å²) in [5.41, 5.74) is 0. The summed E-state index contributed by atoms with van der Waals surface area (Å²) in [6.45, 7) is 16.2. The largest absolute Gasteiger partial charge is 0.213 e. The second-order valence-corrected chi connectivity index (χ2v) is 0.300. The molecule has 0 rings (SSSR count). The molecule has 0 bridgehead atoms. The Hall–Kier alpha value is -1.39. The minimum absolute atomic E-state index is 0. The smallest absolute Gasteiger partial charge is 0 e. The van der Waals surface area contributed by atoms with E-state index in [0.717, 1.165) is 0 Å². The second kappa shape index (κ2) is 128. The normalized spacial score (nSPS) is 2.10. The van der Waals surface area contributed by atoms with Crippen molar-refractivity contribution in [1.82, 2.24) is 0 Å². The molecule has 0 aromatic carbocycles. The van der Waals surface area contributed by atoms with E-state index in [-0.39, 0.29) is 22.4 Å². The summed E-state index contributed by atoms with van der Waals surface area (Å²) in [6, 6.07) is 0. The Morgan fingerprint density at radius 2 is 0.700 bits per heavy atom. The molecule has 0 fully saturated rings. The topological polar surface area (TPSA) is 73.8 Å². The van der Waals surface area contributed by atoms with Gasteiger partial charge in [-0.25, -0.2) is 15.6 Å². The van der Waals surface area contributed by atoms with Gasteiger partial charge < -0.3 is 0 Å². The summed E-state index contributed by atoms with van der Waals surface area (Å²) >= 11 is 0. The fourth-order valence-corrected chi connectivity index (χ4v) is 0. The third-order valence-corrected chi connectivity index (χ3v) is 0. The van der Waals surface area contributed by atoms with Crippen LogP contribution in [0.1, 0.15) is 0 Å². The summed E-state index contributed by atoms with van der Waals surface area (Å²) in [6.07, 6.45) is 0. The molecule has 0 saturated carbocycles. The van der Waals surface area contributed by atoms with Crippen molar-refractivity contribution < 1.29 is 38.0 Å². The van der Waals surface area contributed by atoms with Crippen molar-refractivity contribution in [2.75, 3.05) is 0 Å². The Labute approximate surface area is 73.2 Å². The fraction of sp³-hybridized carbons (Fsp3) is 0. The molecule has 0 aliphatic rings. The Morgan fingerprint density at radius 3 is 0.700 bits per heavy atom. The van der Waals surface area contributed by atoms with Gasteiger partial charge in [0.05, 0.1) is 0 Å². The molecule has 0 atom stereocenters. The number of hydrogen-bond donors (Lipinski definition) is 3. The summed E-state index contributed by atoms with van der Waals surface area (Å²) in [5, 5.41) is 25.8. The van der Waals surface area contributed by atoms with Gasteiger partial charge in [-0.2, -0.15) is 19.7 Å². The molecule has 1 radical (unpaired) electrons. The molecule has 0 aliphatic heterocycles. The Kier molecular flexibility index (Phi) is 301. The van der Waals surface area contributed by atoms with Gasteiger partial charge in [0.1, 0.15) is 0 Å². The van der Waals surface area contributed by atoms with Gasteiger partial charge in [0.25, 0.3) is 0 Å². The first-order valence-electron chi connectivity index (χ1n) is 1.27. The maximum Gasteiger partial charge on any atom is 0 e. The van der Waals surface area contributed by atoms with Crippen LogP contribution in [0.15, 0.2) is 0 Å². The average molecular weight is 326 g/mol. The van der Waals surface area contributed by atoms with E-state index in [1.807, 2.05) is 0 Å². The zero-order valence-corrected chi connectivity index (χ0v) is 6.65. The van der Waals surface area contributed by atoms with Crippen molar-refractivity contribution in [2.24, 2.45) is 0 Å². The molecule has 3 N–H and O–H groups in total. The molecular formula is C3H3AuN3O3. The van der Waals surface area contributed by atoms with Crippen LogP contribution in [-0.2, 0) is 22.4 Å². The first-order chi connectivity index (χ1) is 4.24. The van der Waals surface area contributed by atoms with Gasteiger partial charge in [0, 0.05) is 22.4 Å². The average Bonchev–Trinajstić information content (AvgIpc) is 1.70. The molecule has 0 aromatic heterocycles. The minimum Gasteiger partial charge on any atom is -0.213 e. The minimum atomic E-state index is 0. The summed E-state index contributed by atoms with van der Waals surface area (Å²) in [7, 11) is 0. The Morgan fingerprint density at radius 1 is 0.700 bits per heavy atom. The van der Waals surface area contributed by atoms with E-state index < -0.39 is 0 Å². The number of hydrogen-bond acceptors (Lipinski definition) is 3. The standard InChI is InChI=1S/3CHNO.Au/c3*1-2-3;/h3*3H;. The maximum atomic E-state index is 6.86. The Balaban J connectivity index is -0.0000000257. The van der Waals surface area contributed by atoms with Gasteiger partial charge in [0.15, 0.2) is 0 Å². The molecular weight excluding hydrogens is 323 g/mol. The molecule has 0 unspecified atom stereocenters. The van der Waals surface area contributed by atoms with Crippen molar-refractivity contribution >= 4 is 0 Å². The van der Waals surface area contributed by atoms with Crippen LogP contribution in [0.4, 0.5) is 0 Å². The molecule has 0 saturated heterocycles. The van der Waals surface area contributed by atoms with Gasteiger partial charge in [-0.15, -0.1) is 0 Å². The molecule has 59 valence electrons. The van der Waals surface area contributed by atoms with E-state index in [1.54, 1.807) is 15.0 Å². The van der Waals surface area contributed by atoms with Crippen LogP contribution in [0.25, 0.3) is 15.0 Å². The van der Waals surface area contributed by atoms with Crippen molar-refractivity contribution in [3.8, 4) is 0 Å². The fourth-order valence-electron chi connectivity index (χ4n) is 0. The monoisotopic (exact) mass is 326 g/mol. The quantitative estimate of drug-likeness (QED) is 0.352. The maximum absolute atomic E-state index is 6.86. The van der Waals surface area contributed by atoms with Crippen LogP contribution >= 0.6 is 0 Å². The van der Waals surface area contributed by atoms with Crippen LogP contribution in [-0.4, -0.2) is 15.6 Å². The SMILES string of the molecule is [Au].[C-]#[N+]O.[C-]#[N+]O.[C-]#[N+]O. The van der Waals surface area contributed by atoms with Crippen molar-refractivity contribution in [1.29, 1.82) is 0 Å². The van der Waals surface area contributed by atoms with Gasteiger partial charge in [-0.05, 0) is 15.0 Å². The summed E-state index contributed by atoms with van der Waals surface area (Å²) in [5.74, 6) is 0. The van der Waals surface area contributed by atoms with E-state index in [2.05, 4.69) is 0 Å². The predicted octanol–water partition coefficient (Wildman–Crippen LogP) is 0.882. The van der Waals surface area contributed by atoms with Crippen LogP contribution in [0.2, 0.25) is 0 Å². The zero-order chi connectivity index (χ0) is 8.12. The zero-order valence-electron chi connectivity index (χ0n) is 4.48. The van der Waals surface area contributed by atoms with Gasteiger partial charge in [-0.3, -0.25) is 0 Å². The molecule has 7 heteroatoms. The van der Waals surface area contributed by atoms with E-state index in [4.69, 9.17) is 35.3 Å². The first kappa shape index (κ1) is 23.5. The van der Waals surface area contributed by atoms with Crippen molar-refractivity contribution in [3.05, 3.63) is 34.7 Å². The Bertz CT molecular complexity index is 112. The van der Waals surface area contributed by atoms with E-state index >= 15 is 0 Å². The summed E-state index contributed by atoms with van der Waals surface area (Å²) in [4.78, 5) is 0. The van der Waals surface area contributed by atoms with E-state index in [9.17, 15) is 0 Å². The van der Waals surface area contributed by atoms with Gasteiger partial charge in [0.2, 0.25) is 0 Å². The van der Waals surface area contributed by atoms with Gasteiger partial charge in [-0.1, -0.05) is 0 Å². The van der Waals surface area contributed by atoms with Crippen molar-refractivity contribution in [3.63, 3.8) is 0 Å². The molecule has 0 heterocycles. The molecule has 0 spiro atoms. The molecule has 10 heavy (non-hydrogen) atoms. The van der Waals surface area contributed by atoms with Gasteiger partial charge >= 0.3 is 0 Å². The molecule has 0 aliphatic carbocycles.